The molecule has 1 amide bonds. The number of fused-ring (bicyclic) bond motifs is 1. The highest BCUT2D eigenvalue weighted by molar-refractivity contribution is 8.03. The van der Waals surface area contributed by atoms with E-state index in [4.69, 9.17) is 0 Å². The van der Waals surface area contributed by atoms with E-state index in [0.29, 0.717) is 18.7 Å². The van der Waals surface area contributed by atoms with E-state index in [1.807, 2.05) is 0 Å². The number of rotatable bonds is 3. The van der Waals surface area contributed by atoms with Crippen molar-refractivity contribution in [3.63, 3.8) is 0 Å². The van der Waals surface area contributed by atoms with Crippen LogP contribution in [0.4, 0.5) is 10.1 Å². The fourth-order valence-corrected chi connectivity index (χ4v) is 4.71. The molecule has 1 N–H and O–H groups in total. The number of nitrogens with one attached hydrogen (secondary N) is 1. The van der Waals surface area contributed by atoms with Crippen LogP contribution in [-0.4, -0.2) is 44.7 Å². The Morgan fingerprint density at radius 3 is 2.25 bits per heavy atom. The van der Waals surface area contributed by atoms with E-state index in [2.05, 4.69) is 5.32 Å². The van der Waals surface area contributed by atoms with Crippen molar-refractivity contribution in [2.75, 3.05) is 17.8 Å². The maximum Gasteiger partial charge on any atom is 0.244 e. The van der Waals surface area contributed by atoms with E-state index in [9.17, 15) is 30.8 Å². The van der Waals surface area contributed by atoms with Crippen molar-refractivity contribution in [2.24, 2.45) is 0 Å². The van der Waals surface area contributed by atoms with Crippen LogP contribution in [-0.2, 0) is 24.8 Å². The van der Waals surface area contributed by atoms with E-state index in [1.54, 1.807) is 0 Å². The van der Waals surface area contributed by atoms with Gasteiger partial charge in [0.05, 0.1) is 24.6 Å². The minimum Gasteiger partial charge on any atom is -0.325 e. The van der Waals surface area contributed by atoms with Crippen molar-refractivity contribution in [3.8, 4) is 0 Å². The van der Waals surface area contributed by atoms with Crippen LogP contribution < -0.4 is 5.32 Å². The van der Waals surface area contributed by atoms with Crippen LogP contribution in [0.2, 0.25) is 0 Å². The van der Waals surface area contributed by atoms with Crippen LogP contribution in [0.15, 0.2) is 30.0 Å². The average molecular weight is 376 g/mol. The zero-order valence-corrected chi connectivity index (χ0v) is 14.2. The first-order chi connectivity index (χ1) is 10.9. The molecule has 8 nitrogen and oxygen atoms in total. The number of carbonyl (C=O) groups excluding carboxylic acids is 2. The van der Waals surface area contributed by atoms with Gasteiger partial charge in [-0.25, -0.2) is 21.2 Å². The highest BCUT2D eigenvalue weighted by Gasteiger charge is 2.29. The molecule has 0 unspecified atom stereocenters. The lowest BCUT2D eigenvalue weighted by Gasteiger charge is -2.16. The third-order valence-electron chi connectivity index (χ3n) is 3.06. The van der Waals surface area contributed by atoms with Crippen LogP contribution in [0.1, 0.15) is 16.8 Å². The van der Waals surface area contributed by atoms with E-state index >= 15 is 0 Å². The summed E-state index contributed by atoms with van der Waals surface area (Å²) in [6.45, 7) is 0. The summed E-state index contributed by atoms with van der Waals surface area (Å²) < 4.78 is 60.0. The summed E-state index contributed by atoms with van der Waals surface area (Å²) in [5.74, 6) is -2.25. The van der Waals surface area contributed by atoms with Crippen LogP contribution in [0.5, 0.6) is 0 Å². The average Bonchev–Trinajstić information content (AvgIpc) is 2.52. The second-order valence-corrected chi connectivity index (χ2v) is 9.10. The van der Waals surface area contributed by atoms with Crippen LogP contribution in [0, 0.1) is 5.82 Å². The quantitative estimate of drug-likeness (QED) is 0.766. The van der Waals surface area contributed by atoms with E-state index < -0.39 is 49.5 Å². The van der Waals surface area contributed by atoms with Gasteiger partial charge in [-0.3, -0.25) is 9.59 Å². The number of sulfonamides is 2. The Labute approximate surface area is 138 Å². The molecule has 0 atom stereocenters. The summed E-state index contributed by atoms with van der Waals surface area (Å²) in [7, 11) is -8.50. The molecule has 2 rings (SSSR count). The topological polar surface area (TPSA) is 118 Å². The molecule has 0 saturated heterocycles. The molecule has 0 radical (unpaired) electrons. The molecule has 1 heterocycles. The zero-order chi connectivity index (χ0) is 18.3. The number of hydrogen-bond donors (Lipinski definition) is 1. The molecule has 130 valence electrons. The van der Waals surface area contributed by atoms with E-state index in [1.165, 1.54) is 6.07 Å². The minimum atomic E-state index is -4.25. The summed E-state index contributed by atoms with van der Waals surface area (Å²) in [5.41, 5.74) is -0.540. The molecule has 11 heteroatoms. The number of benzene rings is 1. The summed E-state index contributed by atoms with van der Waals surface area (Å²) in [5, 5.41) is 2.38. The first-order valence-electron chi connectivity index (χ1n) is 6.44. The smallest absolute Gasteiger partial charge is 0.244 e. The standard InChI is InChI=1S/C13H13FN2O6S2/c1-23(19,20)16(24(2,21)22)7-8-5-12(17)15-11-4-3-9(14)6-10(11)13(8)18/h3-4,6-7H,5H2,1-2H3,(H,15,17)/b8-7+. The van der Waals surface area contributed by atoms with Gasteiger partial charge in [-0.2, -0.15) is 3.71 Å². The van der Waals surface area contributed by atoms with Crippen molar-refractivity contribution in [1.29, 1.82) is 0 Å². The first kappa shape index (κ1) is 18.1. The molecule has 1 aliphatic heterocycles. The number of Topliss-reactive ketones (excluding diaryl/α,β-unsaturated/α-hetero) is 1. The number of hydrogen-bond acceptors (Lipinski definition) is 6. The molecule has 0 aliphatic carbocycles. The second-order valence-electron chi connectivity index (χ2n) is 5.15. The SMILES string of the molecule is CS(=O)(=O)N(/C=C1\CC(=O)Nc2ccc(F)cc2C1=O)S(C)(=O)=O. The van der Waals surface area contributed by atoms with Crippen molar-refractivity contribution in [1.82, 2.24) is 3.71 Å². The Balaban J connectivity index is 2.65. The summed E-state index contributed by atoms with van der Waals surface area (Å²) in [6, 6.07) is 3.11. The number of ketones is 1. The Kier molecular flexibility index (Phi) is 4.50. The maximum atomic E-state index is 13.4. The molecule has 0 bridgehead atoms. The Morgan fingerprint density at radius 1 is 1.12 bits per heavy atom. The monoisotopic (exact) mass is 376 g/mol. The van der Waals surface area contributed by atoms with Crippen LogP contribution in [0.3, 0.4) is 0 Å². The fourth-order valence-electron chi connectivity index (χ4n) is 2.10. The normalized spacial score (nSPS) is 17.2. The molecular weight excluding hydrogens is 363 g/mol. The minimum absolute atomic E-state index is 0.00477. The number of carbonyl (C=O) groups is 2. The van der Waals surface area contributed by atoms with Gasteiger partial charge in [0.2, 0.25) is 26.0 Å². The predicted molar refractivity (Wildman–Crippen MR) is 83.6 cm³/mol. The summed E-state index contributed by atoms with van der Waals surface area (Å²) in [6.07, 6.45) is 1.29. The Morgan fingerprint density at radius 2 is 1.71 bits per heavy atom. The highest BCUT2D eigenvalue weighted by atomic mass is 32.3. The molecule has 1 aliphatic rings. The van der Waals surface area contributed by atoms with Gasteiger partial charge < -0.3 is 5.32 Å². The second kappa shape index (κ2) is 5.98. The molecular formula is C13H13FN2O6S2. The lowest BCUT2D eigenvalue weighted by molar-refractivity contribution is -0.115. The van der Waals surface area contributed by atoms with Gasteiger partial charge in [0.15, 0.2) is 5.78 Å². The highest BCUT2D eigenvalue weighted by Crippen LogP contribution is 2.26. The van der Waals surface area contributed by atoms with Crippen LogP contribution >= 0.6 is 0 Å². The zero-order valence-electron chi connectivity index (χ0n) is 12.6. The Bertz CT molecular complexity index is 934. The van der Waals surface area contributed by atoms with Gasteiger partial charge in [0.1, 0.15) is 5.82 Å². The van der Waals surface area contributed by atoms with Crippen LogP contribution in [0.25, 0.3) is 0 Å². The van der Waals surface area contributed by atoms with Gasteiger partial charge in [-0.1, -0.05) is 0 Å². The molecule has 1 aromatic carbocycles. The predicted octanol–water partition coefficient (Wildman–Crippen LogP) is 0.456. The Hall–Kier alpha value is -2.27. The molecule has 0 fully saturated rings. The summed E-state index contributed by atoms with van der Waals surface area (Å²) >= 11 is 0. The third kappa shape index (κ3) is 3.79. The molecule has 0 saturated carbocycles. The van der Waals surface area contributed by atoms with Gasteiger partial charge in [-0.05, 0) is 18.2 Å². The maximum absolute atomic E-state index is 13.4. The van der Waals surface area contributed by atoms with Crippen molar-refractivity contribution in [2.45, 2.75) is 6.42 Å². The number of amides is 1. The number of halogens is 1. The van der Waals surface area contributed by atoms with Crippen molar-refractivity contribution < 1.29 is 30.8 Å². The van der Waals surface area contributed by atoms with Gasteiger partial charge in [0.25, 0.3) is 0 Å². The van der Waals surface area contributed by atoms with Gasteiger partial charge in [0, 0.05) is 17.3 Å². The molecule has 24 heavy (non-hydrogen) atoms. The van der Waals surface area contributed by atoms with E-state index in [-0.39, 0.29) is 15.0 Å². The third-order valence-corrected chi connectivity index (χ3v) is 6.20. The lowest BCUT2D eigenvalue weighted by atomic mass is 10.0. The largest absolute Gasteiger partial charge is 0.325 e. The lowest BCUT2D eigenvalue weighted by Crippen LogP contribution is -2.31. The van der Waals surface area contributed by atoms with Crippen molar-refractivity contribution >= 4 is 37.4 Å². The number of nitrogens with zero attached hydrogens (tertiary/aromatic N) is 1. The molecule has 0 spiro atoms. The first-order valence-corrected chi connectivity index (χ1v) is 10.1. The fraction of sp³-hybridized carbons (Fsp3) is 0.231. The van der Waals surface area contributed by atoms with E-state index in [0.717, 1.165) is 12.1 Å². The molecule has 0 aromatic heterocycles. The number of anilines is 1. The van der Waals surface area contributed by atoms with Gasteiger partial charge in [-0.15, -0.1) is 0 Å². The molecule has 1 aromatic rings. The van der Waals surface area contributed by atoms with Crippen molar-refractivity contribution in [3.05, 3.63) is 41.4 Å². The summed E-state index contributed by atoms with van der Waals surface area (Å²) in [4.78, 5) is 24.3. The van der Waals surface area contributed by atoms with Gasteiger partial charge >= 0.3 is 0 Å².